The zero-order valence-corrected chi connectivity index (χ0v) is 14.4. The Balaban J connectivity index is 1.98. The molecule has 0 unspecified atom stereocenters. The van der Waals surface area contributed by atoms with Crippen LogP contribution in [0.25, 0.3) is 11.1 Å². The van der Waals surface area contributed by atoms with Crippen LogP contribution in [-0.2, 0) is 14.9 Å². The molecule has 0 bridgehead atoms. The van der Waals surface area contributed by atoms with Crippen molar-refractivity contribution in [3.8, 4) is 11.1 Å². The van der Waals surface area contributed by atoms with Crippen LogP contribution in [0.5, 0.6) is 0 Å². The molecule has 0 amide bonds. The fraction of sp³-hybridized carbons (Fsp3) is 0.235. The van der Waals surface area contributed by atoms with Crippen LogP contribution in [0.3, 0.4) is 0 Å². The highest BCUT2D eigenvalue weighted by molar-refractivity contribution is 7.86. The molecule has 0 radical (unpaired) electrons. The number of esters is 1. The fourth-order valence-corrected chi connectivity index (χ4v) is 2.58. The van der Waals surface area contributed by atoms with Crippen LogP contribution >= 0.6 is 0 Å². The summed E-state index contributed by atoms with van der Waals surface area (Å²) in [6, 6.07) is 15.0. The van der Waals surface area contributed by atoms with Crippen molar-refractivity contribution in [2.45, 2.75) is 17.6 Å². The second kappa shape index (κ2) is 7.65. The van der Waals surface area contributed by atoms with E-state index < -0.39 is 40.3 Å². The second-order valence-corrected chi connectivity index (χ2v) is 6.93. The van der Waals surface area contributed by atoms with Gasteiger partial charge in [0.1, 0.15) is 0 Å². The van der Waals surface area contributed by atoms with Crippen LogP contribution < -0.4 is 0 Å². The summed E-state index contributed by atoms with van der Waals surface area (Å²) in [7, 11) is -6.57. The molecule has 0 N–H and O–H groups in total. The summed E-state index contributed by atoms with van der Waals surface area (Å²) in [5.74, 6) is -6.23. The molecule has 2 aromatic carbocycles. The number of ether oxygens (including phenoxy) is 1. The lowest BCUT2D eigenvalue weighted by molar-refractivity contribution is -0.168. The molecule has 0 aromatic heterocycles. The minimum absolute atomic E-state index is 0.0128. The SMILES string of the molecule is O=C(OCCC(F)(F)C(F)(F)S(=O)(=O)[O-])c1ccc(-c2ccccc2)cc1. The number of hydrogen-bond acceptors (Lipinski definition) is 5. The van der Waals surface area contributed by atoms with E-state index in [1.807, 2.05) is 30.3 Å². The van der Waals surface area contributed by atoms with Crippen LogP contribution in [0.2, 0.25) is 0 Å². The van der Waals surface area contributed by atoms with E-state index in [4.69, 9.17) is 0 Å². The van der Waals surface area contributed by atoms with Crippen molar-refractivity contribution < 1.29 is 40.1 Å². The highest BCUT2D eigenvalue weighted by atomic mass is 32.2. The van der Waals surface area contributed by atoms with Gasteiger partial charge in [0.2, 0.25) is 0 Å². The number of rotatable bonds is 7. The van der Waals surface area contributed by atoms with E-state index in [1.165, 1.54) is 12.1 Å². The van der Waals surface area contributed by atoms with Gasteiger partial charge in [0, 0.05) is 0 Å². The maximum Gasteiger partial charge on any atom is 0.396 e. The van der Waals surface area contributed by atoms with Gasteiger partial charge < -0.3 is 9.29 Å². The molecule has 0 aliphatic carbocycles. The van der Waals surface area contributed by atoms with Crippen molar-refractivity contribution in [2.75, 3.05) is 6.61 Å². The first kappa shape index (κ1) is 20.8. The number of hydrogen-bond donors (Lipinski definition) is 0. The third-order valence-electron chi connectivity index (χ3n) is 3.62. The summed E-state index contributed by atoms with van der Waals surface area (Å²) in [6.07, 6.45) is -1.82. The van der Waals surface area contributed by atoms with Crippen molar-refractivity contribution in [3.05, 3.63) is 60.2 Å². The molecule has 0 aliphatic heterocycles. The van der Waals surface area contributed by atoms with Crippen molar-refractivity contribution in [1.82, 2.24) is 0 Å². The van der Waals surface area contributed by atoms with Crippen molar-refractivity contribution in [3.63, 3.8) is 0 Å². The molecule has 2 aromatic rings. The van der Waals surface area contributed by atoms with E-state index in [2.05, 4.69) is 4.74 Å². The van der Waals surface area contributed by atoms with E-state index in [-0.39, 0.29) is 5.56 Å². The van der Waals surface area contributed by atoms with E-state index in [9.17, 15) is 35.3 Å². The summed E-state index contributed by atoms with van der Waals surface area (Å²) in [5, 5.41) is -5.80. The zero-order chi connectivity index (χ0) is 20.3. The van der Waals surface area contributed by atoms with Crippen LogP contribution in [0, 0.1) is 0 Å². The fourth-order valence-electron chi connectivity index (χ4n) is 2.11. The van der Waals surface area contributed by atoms with E-state index in [1.54, 1.807) is 12.1 Å². The molecular weight excluding hydrogens is 392 g/mol. The first-order valence-electron chi connectivity index (χ1n) is 7.49. The van der Waals surface area contributed by atoms with E-state index in [0.717, 1.165) is 11.1 Å². The Morgan fingerprint density at radius 2 is 1.44 bits per heavy atom. The number of halogens is 4. The Morgan fingerprint density at radius 3 is 1.96 bits per heavy atom. The van der Waals surface area contributed by atoms with Crippen LogP contribution in [0.1, 0.15) is 16.8 Å². The van der Waals surface area contributed by atoms with Crippen molar-refractivity contribution >= 4 is 16.1 Å². The van der Waals surface area contributed by atoms with Gasteiger partial charge in [-0.3, -0.25) is 0 Å². The molecule has 0 saturated carbocycles. The molecule has 27 heavy (non-hydrogen) atoms. The van der Waals surface area contributed by atoms with E-state index >= 15 is 0 Å². The molecule has 0 aliphatic rings. The van der Waals surface area contributed by atoms with Crippen molar-refractivity contribution in [2.24, 2.45) is 0 Å². The standard InChI is InChI=1S/C17H14F4O5S/c18-16(19,17(20,21)27(23,24)25)10-11-26-15(22)14-8-6-13(7-9-14)12-4-2-1-3-5-12/h1-9H,10-11H2,(H,23,24,25)/p-1. The molecule has 0 spiro atoms. The number of benzene rings is 2. The van der Waals surface area contributed by atoms with Gasteiger partial charge in [-0.25, -0.2) is 13.2 Å². The molecule has 10 heteroatoms. The minimum Gasteiger partial charge on any atom is -0.743 e. The topological polar surface area (TPSA) is 83.5 Å². The Morgan fingerprint density at radius 1 is 0.926 bits per heavy atom. The van der Waals surface area contributed by atoms with Crippen LogP contribution in [0.15, 0.2) is 54.6 Å². The summed E-state index contributed by atoms with van der Waals surface area (Å²) < 4.78 is 87.8. The smallest absolute Gasteiger partial charge is 0.396 e. The Kier molecular flexibility index (Phi) is 5.91. The maximum absolute atomic E-state index is 13.3. The molecule has 0 atom stereocenters. The number of carbonyl (C=O) groups is 1. The van der Waals surface area contributed by atoms with Gasteiger partial charge in [-0.05, 0) is 23.3 Å². The molecular formula is C17H13F4O5S-. The van der Waals surface area contributed by atoms with Gasteiger partial charge in [0.05, 0.1) is 18.6 Å². The third kappa shape index (κ3) is 4.64. The third-order valence-corrected chi connectivity index (χ3v) is 4.54. The molecule has 0 fully saturated rings. The van der Waals surface area contributed by atoms with Crippen molar-refractivity contribution in [1.29, 1.82) is 0 Å². The molecule has 5 nitrogen and oxygen atoms in total. The molecule has 0 heterocycles. The predicted octanol–water partition coefficient (Wildman–Crippen LogP) is 3.67. The summed E-state index contributed by atoms with van der Waals surface area (Å²) >= 11 is 0. The normalized spacial score (nSPS) is 12.6. The lowest BCUT2D eigenvalue weighted by Gasteiger charge is -2.28. The maximum atomic E-state index is 13.3. The molecule has 2 rings (SSSR count). The van der Waals surface area contributed by atoms with Gasteiger partial charge in [-0.2, -0.15) is 17.6 Å². The largest absolute Gasteiger partial charge is 0.743 e. The van der Waals surface area contributed by atoms with Crippen LogP contribution in [0.4, 0.5) is 17.6 Å². The summed E-state index contributed by atoms with van der Waals surface area (Å²) in [4.78, 5) is 11.8. The number of alkyl halides is 4. The first-order valence-corrected chi connectivity index (χ1v) is 8.90. The Hall–Kier alpha value is -2.46. The van der Waals surface area contributed by atoms with Gasteiger partial charge in [0.25, 0.3) is 0 Å². The first-order chi connectivity index (χ1) is 12.5. The predicted molar refractivity (Wildman–Crippen MR) is 86.4 cm³/mol. The Bertz CT molecular complexity index is 897. The lowest BCUT2D eigenvalue weighted by Crippen LogP contribution is -2.47. The molecule has 146 valence electrons. The average molecular weight is 405 g/mol. The number of carbonyl (C=O) groups excluding carboxylic acids is 1. The quantitative estimate of drug-likeness (QED) is 0.399. The lowest BCUT2D eigenvalue weighted by atomic mass is 10.0. The summed E-state index contributed by atoms with van der Waals surface area (Å²) in [5.41, 5.74) is 1.64. The average Bonchev–Trinajstić information content (AvgIpc) is 2.61. The van der Waals surface area contributed by atoms with Gasteiger partial charge in [-0.15, -0.1) is 0 Å². The summed E-state index contributed by atoms with van der Waals surface area (Å²) in [6.45, 7) is -1.20. The second-order valence-electron chi connectivity index (χ2n) is 5.50. The highest BCUT2D eigenvalue weighted by Gasteiger charge is 2.61. The minimum atomic E-state index is -6.57. The van der Waals surface area contributed by atoms with Gasteiger partial charge in [-0.1, -0.05) is 42.5 Å². The van der Waals surface area contributed by atoms with Crippen LogP contribution in [-0.4, -0.2) is 36.7 Å². The van der Waals surface area contributed by atoms with Gasteiger partial charge in [0.15, 0.2) is 10.1 Å². The van der Waals surface area contributed by atoms with Gasteiger partial charge >= 0.3 is 17.1 Å². The Labute approximate surface area is 152 Å². The monoisotopic (exact) mass is 405 g/mol. The molecule has 0 saturated heterocycles. The highest BCUT2D eigenvalue weighted by Crippen LogP contribution is 2.40. The zero-order valence-electron chi connectivity index (χ0n) is 13.6. The van der Waals surface area contributed by atoms with E-state index in [0.29, 0.717) is 0 Å².